The van der Waals surface area contributed by atoms with E-state index < -0.39 is 5.97 Å². The van der Waals surface area contributed by atoms with Gasteiger partial charge in [0.25, 0.3) is 0 Å². The predicted molar refractivity (Wildman–Crippen MR) is 68.7 cm³/mol. The highest BCUT2D eigenvalue weighted by molar-refractivity contribution is 5.66. The second-order valence-corrected chi connectivity index (χ2v) is 4.70. The number of hydrogen-bond acceptors (Lipinski definition) is 5. The van der Waals surface area contributed by atoms with Gasteiger partial charge in [-0.15, -0.1) is 0 Å². The minimum absolute atomic E-state index is 0.0110. The van der Waals surface area contributed by atoms with Crippen molar-refractivity contribution in [3.05, 3.63) is 41.5 Å². The van der Waals surface area contributed by atoms with Crippen LogP contribution in [0.3, 0.4) is 0 Å². The van der Waals surface area contributed by atoms with Gasteiger partial charge in [-0.2, -0.15) is 4.98 Å². The molecule has 1 atom stereocenters. The molecule has 0 saturated carbocycles. The van der Waals surface area contributed by atoms with Crippen LogP contribution in [0.5, 0.6) is 5.75 Å². The Morgan fingerprint density at radius 1 is 1.40 bits per heavy atom. The first-order chi connectivity index (χ1) is 9.74. The molecule has 104 valence electrons. The van der Waals surface area contributed by atoms with E-state index in [4.69, 9.17) is 14.4 Å². The Labute approximate surface area is 115 Å². The fourth-order valence-electron chi connectivity index (χ4n) is 2.28. The van der Waals surface area contributed by atoms with E-state index in [1.165, 1.54) is 0 Å². The lowest BCUT2D eigenvalue weighted by Gasteiger charge is -2.01. The van der Waals surface area contributed by atoms with E-state index in [1.807, 2.05) is 24.3 Å². The molecule has 0 bridgehead atoms. The van der Waals surface area contributed by atoms with Crippen LogP contribution in [-0.4, -0.2) is 27.8 Å². The number of carboxylic acid groups (broad SMARTS) is 1. The third kappa shape index (κ3) is 2.49. The number of aliphatic carboxylic acids is 1. The first kappa shape index (κ1) is 12.7. The Morgan fingerprint density at radius 3 is 3.10 bits per heavy atom. The molecule has 1 N–H and O–H groups in total. The van der Waals surface area contributed by atoms with E-state index in [0.717, 1.165) is 11.3 Å². The van der Waals surface area contributed by atoms with Crippen LogP contribution in [0.25, 0.3) is 0 Å². The van der Waals surface area contributed by atoms with Gasteiger partial charge in [0.1, 0.15) is 12.4 Å². The molecule has 6 heteroatoms. The molecule has 1 aliphatic heterocycles. The van der Waals surface area contributed by atoms with E-state index in [2.05, 4.69) is 10.1 Å². The minimum atomic E-state index is -0.817. The van der Waals surface area contributed by atoms with Crippen molar-refractivity contribution in [2.75, 3.05) is 6.61 Å². The fraction of sp³-hybridized carbons (Fsp3) is 0.357. The molecule has 0 amide bonds. The van der Waals surface area contributed by atoms with Gasteiger partial charge in [0.15, 0.2) is 5.82 Å². The molecular weight excluding hydrogens is 260 g/mol. The van der Waals surface area contributed by atoms with Crippen LogP contribution in [0.2, 0.25) is 0 Å². The van der Waals surface area contributed by atoms with Crippen LogP contribution in [0.15, 0.2) is 28.8 Å². The van der Waals surface area contributed by atoms with Crippen molar-refractivity contribution in [3.8, 4) is 5.75 Å². The van der Waals surface area contributed by atoms with Gasteiger partial charge < -0.3 is 14.4 Å². The maximum atomic E-state index is 10.5. The Balaban J connectivity index is 1.70. The summed E-state index contributed by atoms with van der Waals surface area (Å²) in [5, 5.41) is 12.6. The number of ether oxygens (including phenoxy) is 1. The number of carboxylic acids is 1. The van der Waals surface area contributed by atoms with Gasteiger partial charge in [0.05, 0.1) is 5.92 Å². The maximum Gasteiger partial charge on any atom is 0.303 e. The molecule has 2 aromatic rings. The molecule has 1 aromatic heterocycles. The van der Waals surface area contributed by atoms with Crippen molar-refractivity contribution in [3.63, 3.8) is 0 Å². The van der Waals surface area contributed by atoms with E-state index in [-0.39, 0.29) is 12.3 Å². The highest BCUT2D eigenvalue weighted by atomic mass is 16.5. The summed E-state index contributed by atoms with van der Waals surface area (Å²) in [5.74, 6) is 1.10. The van der Waals surface area contributed by atoms with Crippen LogP contribution < -0.4 is 4.74 Å². The molecule has 0 saturated heterocycles. The van der Waals surface area contributed by atoms with Gasteiger partial charge in [-0.05, 0) is 12.5 Å². The minimum Gasteiger partial charge on any atom is -0.492 e. The first-order valence-corrected chi connectivity index (χ1v) is 6.50. The lowest BCUT2D eigenvalue weighted by Crippen LogP contribution is -2.04. The zero-order valence-corrected chi connectivity index (χ0v) is 10.8. The van der Waals surface area contributed by atoms with Crippen molar-refractivity contribution >= 4 is 5.97 Å². The summed E-state index contributed by atoms with van der Waals surface area (Å²) in [6.45, 7) is 0.507. The zero-order chi connectivity index (χ0) is 13.9. The van der Waals surface area contributed by atoms with Crippen LogP contribution in [0.4, 0.5) is 0 Å². The predicted octanol–water partition coefficient (Wildman–Crippen LogP) is 2.00. The number of rotatable bonds is 5. The molecule has 0 spiro atoms. The normalized spacial score (nSPS) is 16.7. The number of fused-ring (bicyclic) bond motifs is 1. The van der Waals surface area contributed by atoms with Crippen LogP contribution >= 0.6 is 0 Å². The van der Waals surface area contributed by atoms with Gasteiger partial charge in [-0.25, -0.2) is 0 Å². The average Bonchev–Trinajstić information content (AvgIpc) is 3.04. The number of para-hydroxylation sites is 1. The summed E-state index contributed by atoms with van der Waals surface area (Å²) in [6.07, 6.45) is 1.08. The third-order valence-corrected chi connectivity index (χ3v) is 3.28. The van der Waals surface area contributed by atoms with Gasteiger partial charge in [-0.3, -0.25) is 4.79 Å². The van der Waals surface area contributed by atoms with Crippen molar-refractivity contribution in [1.29, 1.82) is 0 Å². The van der Waals surface area contributed by atoms with Gasteiger partial charge in [0, 0.05) is 18.4 Å². The Hall–Kier alpha value is -2.37. The molecule has 1 aromatic carbocycles. The average molecular weight is 274 g/mol. The summed E-state index contributed by atoms with van der Waals surface area (Å²) >= 11 is 0. The van der Waals surface area contributed by atoms with E-state index >= 15 is 0 Å². The van der Waals surface area contributed by atoms with Crippen molar-refractivity contribution in [2.24, 2.45) is 0 Å². The number of benzene rings is 1. The second-order valence-electron chi connectivity index (χ2n) is 4.70. The first-order valence-electron chi connectivity index (χ1n) is 6.50. The number of nitrogens with zero attached hydrogens (tertiary/aromatic N) is 2. The zero-order valence-electron chi connectivity index (χ0n) is 10.8. The van der Waals surface area contributed by atoms with Crippen LogP contribution in [0, 0.1) is 0 Å². The molecule has 0 aliphatic carbocycles. The molecule has 1 unspecified atom stereocenters. The molecule has 20 heavy (non-hydrogen) atoms. The smallest absolute Gasteiger partial charge is 0.303 e. The summed E-state index contributed by atoms with van der Waals surface area (Å²) in [7, 11) is 0. The SMILES string of the molecule is O=C(O)CCCc1nc(C2COc3ccccc32)no1. The number of aryl methyl sites for hydroxylation is 1. The molecule has 0 radical (unpaired) electrons. The summed E-state index contributed by atoms with van der Waals surface area (Å²) in [4.78, 5) is 14.8. The summed E-state index contributed by atoms with van der Waals surface area (Å²) in [5.41, 5.74) is 1.06. The molecular formula is C14H14N2O4. The monoisotopic (exact) mass is 274 g/mol. The Kier molecular flexibility index (Phi) is 3.37. The standard InChI is InChI=1S/C14H14N2O4/c17-13(18)7-3-6-12-15-14(16-20-12)10-8-19-11-5-2-1-4-9(10)11/h1-2,4-5,10H,3,6-8H2,(H,17,18). The topological polar surface area (TPSA) is 85.5 Å². The number of aromatic nitrogens is 2. The lowest BCUT2D eigenvalue weighted by molar-refractivity contribution is -0.137. The van der Waals surface area contributed by atoms with Crippen LogP contribution in [-0.2, 0) is 11.2 Å². The van der Waals surface area contributed by atoms with E-state index in [1.54, 1.807) is 0 Å². The van der Waals surface area contributed by atoms with E-state index in [0.29, 0.717) is 31.2 Å². The largest absolute Gasteiger partial charge is 0.492 e. The van der Waals surface area contributed by atoms with Gasteiger partial charge in [0.2, 0.25) is 5.89 Å². The molecule has 3 rings (SSSR count). The Morgan fingerprint density at radius 2 is 2.25 bits per heavy atom. The van der Waals surface area contributed by atoms with Crippen molar-refractivity contribution in [2.45, 2.75) is 25.2 Å². The number of carbonyl (C=O) groups is 1. The summed E-state index contributed by atoms with van der Waals surface area (Å²) < 4.78 is 10.8. The molecule has 0 fully saturated rings. The molecule has 6 nitrogen and oxygen atoms in total. The van der Waals surface area contributed by atoms with Gasteiger partial charge in [-0.1, -0.05) is 23.4 Å². The molecule has 2 heterocycles. The second kappa shape index (κ2) is 5.32. The van der Waals surface area contributed by atoms with Gasteiger partial charge >= 0.3 is 5.97 Å². The quantitative estimate of drug-likeness (QED) is 0.897. The van der Waals surface area contributed by atoms with Crippen LogP contribution in [0.1, 0.15) is 36.0 Å². The fourth-order valence-corrected chi connectivity index (χ4v) is 2.28. The third-order valence-electron chi connectivity index (χ3n) is 3.28. The maximum absolute atomic E-state index is 10.5. The van der Waals surface area contributed by atoms with Crippen molar-refractivity contribution in [1.82, 2.24) is 10.1 Å². The summed E-state index contributed by atoms with van der Waals surface area (Å²) in [6, 6.07) is 7.79. The highest BCUT2D eigenvalue weighted by Gasteiger charge is 2.29. The van der Waals surface area contributed by atoms with Crippen molar-refractivity contribution < 1.29 is 19.2 Å². The molecule has 1 aliphatic rings. The number of hydrogen-bond donors (Lipinski definition) is 1. The lowest BCUT2D eigenvalue weighted by atomic mass is 10.0. The van der Waals surface area contributed by atoms with E-state index in [9.17, 15) is 4.79 Å². The Bertz CT molecular complexity index is 623. The highest BCUT2D eigenvalue weighted by Crippen LogP contribution is 2.36.